The third kappa shape index (κ3) is 4.05. The van der Waals surface area contributed by atoms with Gasteiger partial charge in [0.05, 0.1) is 5.69 Å². The second kappa shape index (κ2) is 5.97. The van der Waals surface area contributed by atoms with Crippen molar-refractivity contribution in [2.75, 3.05) is 0 Å². The molecule has 1 aromatic carbocycles. The van der Waals surface area contributed by atoms with Crippen molar-refractivity contribution in [3.05, 3.63) is 28.7 Å². The second-order valence-electron chi connectivity index (χ2n) is 3.43. The van der Waals surface area contributed by atoms with Crippen molar-refractivity contribution < 1.29 is 0 Å². The summed E-state index contributed by atoms with van der Waals surface area (Å²) in [6.45, 7) is 4.30. The fraction of sp³-hybridized carbons (Fsp3) is 0.417. The van der Waals surface area contributed by atoms with Crippen molar-refractivity contribution in [2.24, 2.45) is 4.99 Å². The minimum atomic E-state index is 1.04. The first kappa shape index (κ1) is 11.4. The molecule has 0 aromatic heterocycles. The molecule has 0 aliphatic heterocycles. The van der Waals surface area contributed by atoms with Gasteiger partial charge in [-0.25, -0.2) is 0 Å². The van der Waals surface area contributed by atoms with E-state index in [1.165, 1.54) is 18.6 Å². The van der Waals surface area contributed by atoms with E-state index in [1.54, 1.807) is 0 Å². The standard InChI is InChI=1S/C12H16BrN/c1-3-4-5-10(2)14-12-8-6-11(13)7-9-12/h6-9H,3-5H2,1-2H3. The summed E-state index contributed by atoms with van der Waals surface area (Å²) in [6.07, 6.45) is 3.56. The molecule has 0 fully saturated rings. The second-order valence-corrected chi connectivity index (χ2v) is 4.34. The lowest BCUT2D eigenvalue weighted by Crippen LogP contribution is -1.89. The molecule has 76 valence electrons. The van der Waals surface area contributed by atoms with E-state index >= 15 is 0 Å². The molecule has 0 aliphatic rings. The van der Waals surface area contributed by atoms with E-state index in [4.69, 9.17) is 0 Å². The first-order valence-corrected chi connectivity index (χ1v) is 5.81. The zero-order valence-corrected chi connectivity index (χ0v) is 10.3. The molecular weight excluding hydrogens is 238 g/mol. The van der Waals surface area contributed by atoms with Crippen molar-refractivity contribution in [3.63, 3.8) is 0 Å². The van der Waals surface area contributed by atoms with Gasteiger partial charge in [0.2, 0.25) is 0 Å². The summed E-state index contributed by atoms with van der Waals surface area (Å²) in [6, 6.07) is 8.09. The Kier molecular flexibility index (Phi) is 4.88. The fourth-order valence-electron chi connectivity index (χ4n) is 1.22. The molecule has 1 aromatic rings. The fourth-order valence-corrected chi connectivity index (χ4v) is 1.49. The Balaban J connectivity index is 2.61. The molecule has 0 radical (unpaired) electrons. The van der Waals surface area contributed by atoms with Crippen molar-refractivity contribution in [2.45, 2.75) is 33.1 Å². The molecule has 0 N–H and O–H groups in total. The molecule has 0 aliphatic carbocycles. The molecule has 0 saturated carbocycles. The summed E-state index contributed by atoms with van der Waals surface area (Å²) >= 11 is 3.41. The maximum Gasteiger partial charge on any atom is 0.0629 e. The van der Waals surface area contributed by atoms with Gasteiger partial charge in [-0.1, -0.05) is 29.3 Å². The lowest BCUT2D eigenvalue weighted by atomic mass is 10.2. The van der Waals surface area contributed by atoms with E-state index in [2.05, 4.69) is 34.8 Å². The summed E-state index contributed by atoms with van der Waals surface area (Å²) < 4.78 is 1.10. The molecular formula is C12H16BrN. The summed E-state index contributed by atoms with van der Waals surface area (Å²) in [4.78, 5) is 4.53. The molecule has 0 amide bonds. The van der Waals surface area contributed by atoms with Crippen LogP contribution in [0.2, 0.25) is 0 Å². The third-order valence-electron chi connectivity index (χ3n) is 2.04. The van der Waals surface area contributed by atoms with Gasteiger partial charge in [0.1, 0.15) is 0 Å². The van der Waals surface area contributed by atoms with Gasteiger partial charge in [0.25, 0.3) is 0 Å². The van der Waals surface area contributed by atoms with E-state index in [9.17, 15) is 0 Å². The van der Waals surface area contributed by atoms with E-state index in [0.29, 0.717) is 0 Å². The van der Waals surface area contributed by atoms with Crippen LogP contribution in [0.4, 0.5) is 5.69 Å². The molecule has 0 spiro atoms. The average Bonchev–Trinajstić information content (AvgIpc) is 2.18. The van der Waals surface area contributed by atoms with Crippen molar-refractivity contribution in [1.29, 1.82) is 0 Å². The first-order chi connectivity index (χ1) is 6.72. The summed E-state index contributed by atoms with van der Waals surface area (Å²) in [5.41, 5.74) is 2.26. The molecule has 1 nitrogen and oxygen atoms in total. The Morgan fingerprint density at radius 1 is 1.29 bits per heavy atom. The minimum absolute atomic E-state index is 1.04. The van der Waals surface area contributed by atoms with E-state index < -0.39 is 0 Å². The minimum Gasteiger partial charge on any atom is -0.258 e. The molecule has 14 heavy (non-hydrogen) atoms. The van der Waals surface area contributed by atoms with Gasteiger partial charge in [-0.05, 0) is 44.0 Å². The molecule has 0 heterocycles. The lowest BCUT2D eigenvalue weighted by molar-refractivity contribution is 0.833. The predicted octanol–water partition coefficient (Wildman–Crippen LogP) is 4.73. The van der Waals surface area contributed by atoms with Crippen LogP contribution in [0.15, 0.2) is 33.7 Å². The van der Waals surface area contributed by atoms with Gasteiger partial charge < -0.3 is 0 Å². The SMILES string of the molecule is CCCCC(C)=Nc1ccc(Br)cc1. The van der Waals surface area contributed by atoms with E-state index in [-0.39, 0.29) is 0 Å². The lowest BCUT2D eigenvalue weighted by Gasteiger charge is -1.99. The smallest absolute Gasteiger partial charge is 0.0629 e. The van der Waals surface area contributed by atoms with Crippen molar-refractivity contribution in [1.82, 2.24) is 0 Å². The van der Waals surface area contributed by atoms with Crippen LogP contribution in [-0.4, -0.2) is 5.71 Å². The van der Waals surface area contributed by atoms with Gasteiger partial charge in [0, 0.05) is 10.2 Å². The number of hydrogen-bond donors (Lipinski definition) is 0. The highest BCUT2D eigenvalue weighted by atomic mass is 79.9. The number of hydrogen-bond acceptors (Lipinski definition) is 1. The van der Waals surface area contributed by atoms with Crippen LogP contribution in [-0.2, 0) is 0 Å². The normalized spacial score (nSPS) is 11.8. The maximum atomic E-state index is 4.53. The first-order valence-electron chi connectivity index (χ1n) is 5.02. The van der Waals surface area contributed by atoms with Crippen LogP contribution in [0.1, 0.15) is 33.1 Å². The number of unbranched alkanes of at least 4 members (excludes halogenated alkanes) is 1. The highest BCUT2D eigenvalue weighted by Crippen LogP contribution is 2.17. The molecule has 0 saturated heterocycles. The number of nitrogens with zero attached hydrogens (tertiary/aromatic N) is 1. The maximum absolute atomic E-state index is 4.53. The summed E-state index contributed by atoms with van der Waals surface area (Å²) in [5.74, 6) is 0. The Bertz CT molecular complexity index is 301. The number of rotatable bonds is 4. The highest BCUT2D eigenvalue weighted by molar-refractivity contribution is 9.10. The van der Waals surface area contributed by atoms with Crippen LogP contribution < -0.4 is 0 Å². The zero-order chi connectivity index (χ0) is 10.4. The Morgan fingerprint density at radius 2 is 1.93 bits per heavy atom. The van der Waals surface area contributed by atoms with Crippen LogP contribution >= 0.6 is 15.9 Å². The van der Waals surface area contributed by atoms with Crippen LogP contribution in [0, 0.1) is 0 Å². The number of halogens is 1. The van der Waals surface area contributed by atoms with Gasteiger partial charge in [-0.15, -0.1) is 0 Å². The largest absolute Gasteiger partial charge is 0.258 e. The summed E-state index contributed by atoms with van der Waals surface area (Å²) in [5, 5.41) is 0. The van der Waals surface area contributed by atoms with Gasteiger partial charge in [-0.3, -0.25) is 4.99 Å². The summed E-state index contributed by atoms with van der Waals surface area (Å²) in [7, 11) is 0. The number of benzene rings is 1. The van der Waals surface area contributed by atoms with Gasteiger partial charge >= 0.3 is 0 Å². The van der Waals surface area contributed by atoms with Gasteiger partial charge in [0.15, 0.2) is 0 Å². The van der Waals surface area contributed by atoms with E-state index in [0.717, 1.165) is 16.6 Å². The molecule has 0 atom stereocenters. The Hall–Kier alpha value is -0.630. The molecule has 1 rings (SSSR count). The highest BCUT2D eigenvalue weighted by Gasteiger charge is 1.93. The third-order valence-corrected chi connectivity index (χ3v) is 2.57. The zero-order valence-electron chi connectivity index (χ0n) is 8.76. The average molecular weight is 254 g/mol. The Morgan fingerprint density at radius 3 is 2.50 bits per heavy atom. The Labute approximate surface area is 94.4 Å². The molecule has 0 unspecified atom stereocenters. The van der Waals surface area contributed by atoms with Crippen LogP contribution in [0.25, 0.3) is 0 Å². The quantitative estimate of drug-likeness (QED) is 0.688. The number of aliphatic imine (C=N–C) groups is 1. The van der Waals surface area contributed by atoms with Crippen molar-refractivity contribution >= 4 is 27.3 Å². The van der Waals surface area contributed by atoms with Gasteiger partial charge in [-0.2, -0.15) is 0 Å². The van der Waals surface area contributed by atoms with Crippen LogP contribution in [0.5, 0.6) is 0 Å². The predicted molar refractivity (Wildman–Crippen MR) is 66.4 cm³/mol. The van der Waals surface area contributed by atoms with Crippen LogP contribution in [0.3, 0.4) is 0 Å². The monoisotopic (exact) mass is 253 g/mol. The molecule has 0 bridgehead atoms. The van der Waals surface area contributed by atoms with Crippen molar-refractivity contribution in [3.8, 4) is 0 Å². The topological polar surface area (TPSA) is 12.4 Å². The molecule has 2 heteroatoms. The van der Waals surface area contributed by atoms with E-state index in [1.807, 2.05) is 24.3 Å².